The zero-order valence-corrected chi connectivity index (χ0v) is 25.8. The fourth-order valence-corrected chi connectivity index (χ4v) is 5.42. The lowest BCUT2D eigenvalue weighted by atomic mass is 9.94. The van der Waals surface area contributed by atoms with E-state index in [2.05, 4.69) is 4.74 Å². The zero-order valence-electron chi connectivity index (χ0n) is 25.8. The Balaban J connectivity index is 2.00. The number of nitrogens with zero attached hydrogens (tertiary/aromatic N) is 2. The van der Waals surface area contributed by atoms with Gasteiger partial charge in [-0.05, 0) is 74.4 Å². The second-order valence-corrected chi connectivity index (χ2v) is 10.9. The molecule has 0 fully saturated rings. The highest BCUT2D eigenvalue weighted by Crippen LogP contribution is 2.43. The van der Waals surface area contributed by atoms with Gasteiger partial charge in [0.25, 0.3) is 5.91 Å². The van der Waals surface area contributed by atoms with Crippen LogP contribution in [0.3, 0.4) is 0 Å². The Labute approximate surface area is 262 Å². The Morgan fingerprint density at radius 1 is 0.889 bits per heavy atom. The number of hydrogen-bond acceptors (Lipinski definition) is 5. The van der Waals surface area contributed by atoms with E-state index in [0.29, 0.717) is 45.9 Å². The van der Waals surface area contributed by atoms with E-state index in [9.17, 15) is 28.6 Å². The first kappa shape index (κ1) is 33.3. The number of amides is 1. The van der Waals surface area contributed by atoms with Crippen LogP contribution in [0, 0.1) is 11.6 Å². The number of halogens is 2. The van der Waals surface area contributed by atoms with Crippen molar-refractivity contribution in [2.24, 2.45) is 0 Å². The summed E-state index contributed by atoms with van der Waals surface area (Å²) >= 11 is 0. The molecule has 1 aromatic heterocycles. The molecule has 0 spiro atoms. The molecule has 0 aliphatic heterocycles. The molecule has 2 N–H and O–H groups in total. The van der Waals surface area contributed by atoms with Gasteiger partial charge in [-0.15, -0.1) is 0 Å². The van der Waals surface area contributed by atoms with Crippen LogP contribution < -0.4 is 4.90 Å². The molecule has 0 radical (unpaired) electrons. The number of hydrogen-bond donors (Lipinski definition) is 2. The van der Waals surface area contributed by atoms with Crippen LogP contribution in [0.1, 0.15) is 55.8 Å². The highest BCUT2D eigenvalue weighted by Gasteiger charge is 2.32. The molecule has 2 unspecified atom stereocenters. The van der Waals surface area contributed by atoms with Crippen molar-refractivity contribution >= 4 is 23.6 Å². The fraction of sp³-hybridized carbons (Fsp3) is 0.278. The first-order valence-corrected chi connectivity index (χ1v) is 14.8. The highest BCUT2D eigenvalue weighted by atomic mass is 19.1. The molecule has 9 heteroatoms. The van der Waals surface area contributed by atoms with Crippen molar-refractivity contribution in [3.8, 4) is 22.3 Å². The smallest absolute Gasteiger partial charge is 0.308 e. The van der Waals surface area contributed by atoms with Crippen LogP contribution in [-0.4, -0.2) is 52.5 Å². The van der Waals surface area contributed by atoms with Crippen LogP contribution in [0.25, 0.3) is 28.3 Å². The van der Waals surface area contributed by atoms with Crippen molar-refractivity contribution < 1.29 is 33.3 Å². The number of ether oxygens (including phenoxy) is 1. The predicted octanol–water partition coefficient (Wildman–Crippen LogP) is 7.04. The van der Waals surface area contributed by atoms with Gasteiger partial charge in [-0.1, -0.05) is 48.5 Å². The number of aliphatic hydroxyl groups excluding tert-OH is 2. The van der Waals surface area contributed by atoms with Crippen molar-refractivity contribution in [1.29, 1.82) is 0 Å². The molecule has 0 aliphatic carbocycles. The average Bonchev–Trinajstić information content (AvgIpc) is 3.37. The molecule has 2 atom stereocenters. The normalized spacial score (nSPS) is 12.8. The Hall–Kier alpha value is -4.60. The van der Waals surface area contributed by atoms with Crippen LogP contribution in [0.2, 0.25) is 0 Å². The zero-order chi connectivity index (χ0) is 32.7. The number of para-hydroxylation sites is 1. The molecular weight excluding hydrogens is 578 g/mol. The van der Waals surface area contributed by atoms with E-state index in [-0.39, 0.29) is 24.8 Å². The number of anilines is 1. The van der Waals surface area contributed by atoms with E-state index < -0.39 is 29.8 Å². The summed E-state index contributed by atoms with van der Waals surface area (Å²) in [5.74, 6) is -1.77. The number of methoxy groups -OCH3 is 1. The summed E-state index contributed by atoms with van der Waals surface area (Å²) in [4.78, 5) is 27.9. The third-order valence-corrected chi connectivity index (χ3v) is 7.48. The maximum Gasteiger partial charge on any atom is 0.308 e. The van der Waals surface area contributed by atoms with Gasteiger partial charge in [0.2, 0.25) is 0 Å². The van der Waals surface area contributed by atoms with Gasteiger partial charge >= 0.3 is 5.97 Å². The minimum absolute atomic E-state index is 0.131. The van der Waals surface area contributed by atoms with Crippen molar-refractivity contribution in [3.63, 3.8) is 0 Å². The van der Waals surface area contributed by atoms with Gasteiger partial charge in [-0.3, -0.25) is 9.59 Å². The van der Waals surface area contributed by atoms with Crippen LogP contribution >= 0.6 is 0 Å². The maximum absolute atomic E-state index is 14.6. The first-order valence-electron chi connectivity index (χ1n) is 14.8. The van der Waals surface area contributed by atoms with Crippen LogP contribution in [0.4, 0.5) is 14.5 Å². The Morgan fingerprint density at radius 3 is 1.96 bits per heavy atom. The van der Waals surface area contributed by atoms with Crippen molar-refractivity contribution in [1.82, 2.24) is 4.57 Å². The van der Waals surface area contributed by atoms with Gasteiger partial charge in [-0.2, -0.15) is 0 Å². The van der Waals surface area contributed by atoms with E-state index in [0.717, 1.165) is 0 Å². The monoisotopic (exact) mass is 616 g/mol. The lowest BCUT2D eigenvalue weighted by Gasteiger charge is -2.24. The average molecular weight is 617 g/mol. The first-order chi connectivity index (χ1) is 21.5. The van der Waals surface area contributed by atoms with Crippen molar-refractivity contribution in [3.05, 3.63) is 108 Å². The van der Waals surface area contributed by atoms with E-state index in [1.54, 1.807) is 35.2 Å². The van der Waals surface area contributed by atoms with E-state index in [1.807, 2.05) is 55.7 Å². The molecule has 4 aromatic rings. The summed E-state index contributed by atoms with van der Waals surface area (Å²) in [6, 6.07) is 20.7. The summed E-state index contributed by atoms with van der Waals surface area (Å²) in [7, 11) is 1.22. The largest absolute Gasteiger partial charge is 0.469 e. The highest BCUT2D eigenvalue weighted by molar-refractivity contribution is 6.13. The molecule has 0 saturated heterocycles. The van der Waals surface area contributed by atoms with Gasteiger partial charge in [0.1, 0.15) is 17.3 Å². The van der Waals surface area contributed by atoms with E-state index in [1.165, 1.54) is 37.5 Å². The lowest BCUT2D eigenvalue weighted by Crippen LogP contribution is -2.33. The van der Waals surface area contributed by atoms with Gasteiger partial charge < -0.3 is 24.4 Å². The summed E-state index contributed by atoms with van der Waals surface area (Å²) in [6.45, 7) is 6.09. The van der Waals surface area contributed by atoms with Crippen LogP contribution in [0.15, 0.2) is 84.9 Å². The van der Waals surface area contributed by atoms with Crippen molar-refractivity contribution in [2.45, 2.75) is 51.9 Å². The Morgan fingerprint density at radius 2 is 1.44 bits per heavy atom. The quantitative estimate of drug-likeness (QED) is 0.167. The third kappa shape index (κ3) is 7.74. The Kier molecular flexibility index (Phi) is 11.0. The fourth-order valence-electron chi connectivity index (χ4n) is 5.42. The van der Waals surface area contributed by atoms with Crippen LogP contribution in [0.5, 0.6) is 0 Å². The molecule has 0 bridgehead atoms. The number of esters is 1. The molecule has 236 valence electrons. The molecule has 45 heavy (non-hydrogen) atoms. The number of aliphatic hydroxyl groups is 2. The lowest BCUT2D eigenvalue weighted by molar-refractivity contribution is -0.143. The summed E-state index contributed by atoms with van der Waals surface area (Å²) in [5.41, 5.74) is 3.86. The molecule has 0 saturated carbocycles. The molecule has 7 nitrogen and oxygen atoms in total. The molecule has 0 aliphatic rings. The molecule has 3 aromatic carbocycles. The van der Waals surface area contributed by atoms with E-state index >= 15 is 0 Å². The van der Waals surface area contributed by atoms with Gasteiger partial charge in [0, 0.05) is 41.5 Å². The minimum Gasteiger partial charge on any atom is -0.469 e. The number of carbonyl (C=O) groups excluding carboxylic acids is 2. The number of benzene rings is 3. The van der Waals surface area contributed by atoms with Crippen molar-refractivity contribution in [2.75, 3.05) is 18.6 Å². The number of aromatic nitrogens is 1. The van der Waals surface area contributed by atoms with Crippen LogP contribution in [-0.2, 0) is 9.53 Å². The van der Waals surface area contributed by atoms with Gasteiger partial charge in [0.05, 0.1) is 25.7 Å². The van der Waals surface area contributed by atoms with Gasteiger partial charge in [-0.25, -0.2) is 8.78 Å². The topological polar surface area (TPSA) is 92.0 Å². The predicted molar refractivity (Wildman–Crippen MR) is 172 cm³/mol. The molecule has 1 heterocycles. The Bertz CT molecular complexity index is 1630. The molecular formula is C36H38F2N2O5. The molecule has 4 rings (SSSR count). The second kappa shape index (κ2) is 14.9. The molecule has 1 amide bonds. The summed E-state index contributed by atoms with van der Waals surface area (Å²) in [5, 5.41) is 21.1. The van der Waals surface area contributed by atoms with E-state index in [4.69, 9.17) is 0 Å². The number of carbonyl (C=O) groups is 2. The maximum atomic E-state index is 14.6. The SMILES string of the molecule is CCN(C(=O)c1c(-c2ccc(F)cc2)c(-c2ccc(F)cc2)c(C=CC(O)CC(O)CC(=O)OC)n1C(C)C)c1ccccc1. The third-order valence-electron chi connectivity index (χ3n) is 7.48. The second-order valence-electron chi connectivity index (χ2n) is 10.9. The standard InChI is InChI=1S/C36H38F2N2O5/c1-5-39(28-9-7-6-8-10-28)36(44)35-34(25-13-17-27(38)18-14-25)33(24-11-15-26(37)16-12-24)31(40(35)23(2)3)20-19-29(41)21-30(42)22-32(43)45-4/h6-20,23,29-30,41-42H,5,21-22H2,1-4H3. The summed E-state index contributed by atoms with van der Waals surface area (Å²) < 4.78 is 34.8. The minimum atomic E-state index is -1.15. The summed E-state index contributed by atoms with van der Waals surface area (Å²) in [6.07, 6.45) is 0.460. The van der Waals surface area contributed by atoms with Gasteiger partial charge in [0.15, 0.2) is 0 Å². The number of rotatable bonds is 12.